The van der Waals surface area contributed by atoms with E-state index in [1.54, 1.807) is 0 Å². The maximum Gasteiger partial charge on any atom is 0.220 e. The Bertz CT molecular complexity index is 659. The largest absolute Gasteiger partial charge is 0.470 e. The predicted octanol–water partition coefficient (Wildman–Crippen LogP) is 3.93. The van der Waals surface area contributed by atoms with Crippen LogP contribution in [0.2, 0.25) is 0 Å². The fraction of sp³-hybridized carbons (Fsp3) is 0.471. The zero-order valence-corrected chi connectivity index (χ0v) is 12.3. The number of nitrogens with zero attached hydrogens (tertiary/aromatic N) is 2. The highest BCUT2D eigenvalue weighted by Crippen LogP contribution is 2.61. The van der Waals surface area contributed by atoms with Crippen LogP contribution >= 0.6 is 0 Å². The third kappa shape index (κ3) is 1.33. The Balaban J connectivity index is 1.88. The summed E-state index contributed by atoms with van der Waals surface area (Å²) >= 11 is 0. The first-order chi connectivity index (χ1) is 9.53. The monoisotopic (exact) mass is 268 g/mol. The molecule has 1 aliphatic heterocycles. The van der Waals surface area contributed by atoms with Gasteiger partial charge in [0.15, 0.2) is 0 Å². The number of rotatable bonds is 1. The SMILES string of the molecule is CC1(C)[C@@H]2CC[C@@]1(C)Oc1c2cnn1-c1ccccc1. The van der Waals surface area contributed by atoms with Crippen LogP contribution < -0.4 is 4.74 Å². The Morgan fingerprint density at radius 3 is 2.70 bits per heavy atom. The summed E-state index contributed by atoms with van der Waals surface area (Å²) < 4.78 is 8.40. The number of para-hydroxylation sites is 1. The minimum absolute atomic E-state index is 0.0861. The van der Waals surface area contributed by atoms with Gasteiger partial charge in [-0.1, -0.05) is 32.0 Å². The van der Waals surface area contributed by atoms with Gasteiger partial charge in [-0.15, -0.1) is 0 Å². The average molecular weight is 268 g/mol. The van der Waals surface area contributed by atoms with E-state index in [9.17, 15) is 0 Å². The van der Waals surface area contributed by atoms with Crippen molar-refractivity contribution in [1.29, 1.82) is 0 Å². The molecule has 3 nitrogen and oxygen atoms in total. The number of ether oxygens (including phenoxy) is 1. The van der Waals surface area contributed by atoms with Crippen LogP contribution in [0, 0.1) is 5.41 Å². The third-order valence-corrected chi connectivity index (χ3v) is 5.59. The topological polar surface area (TPSA) is 27.1 Å². The molecule has 3 heteroatoms. The zero-order chi connectivity index (χ0) is 14.0. The molecule has 0 radical (unpaired) electrons. The van der Waals surface area contributed by atoms with Gasteiger partial charge < -0.3 is 4.74 Å². The van der Waals surface area contributed by atoms with E-state index < -0.39 is 0 Å². The lowest BCUT2D eigenvalue weighted by molar-refractivity contribution is -0.0281. The number of benzene rings is 1. The standard InChI is InChI=1S/C17H20N2O/c1-16(2)14-9-10-17(16,3)20-15-13(14)11-18-19(15)12-7-5-4-6-8-12/h4-8,11,14H,9-10H2,1-3H3/t14-,17-/m1/s1. The van der Waals surface area contributed by atoms with Gasteiger partial charge in [0.2, 0.25) is 5.88 Å². The Hall–Kier alpha value is -1.77. The molecule has 0 amide bonds. The Morgan fingerprint density at radius 1 is 1.20 bits per heavy atom. The lowest BCUT2D eigenvalue weighted by Crippen LogP contribution is -2.47. The summed E-state index contributed by atoms with van der Waals surface area (Å²) in [7, 11) is 0. The second-order valence-corrected chi connectivity index (χ2v) is 6.80. The number of hydrogen-bond donors (Lipinski definition) is 0. The van der Waals surface area contributed by atoms with Gasteiger partial charge in [0, 0.05) is 11.0 Å². The fourth-order valence-corrected chi connectivity index (χ4v) is 3.86. The lowest BCUT2D eigenvalue weighted by atomic mass is 9.70. The van der Waals surface area contributed by atoms with Gasteiger partial charge in [-0.2, -0.15) is 5.10 Å². The average Bonchev–Trinajstić information content (AvgIpc) is 2.86. The van der Waals surface area contributed by atoms with Crippen LogP contribution in [0.3, 0.4) is 0 Å². The first kappa shape index (κ1) is 12.0. The maximum atomic E-state index is 6.45. The van der Waals surface area contributed by atoms with Gasteiger partial charge in [0.1, 0.15) is 5.60 Å². The smallest absolute Gasteiger partial charge is 0.220 e. The third-order valence-electron chi connectivity index (χ3n) is 5.59. The van der Waals surface area contributed by atoms with E-state index in [1.165, 1.54) is 12.0 Å². The molecule has 1 saturated carbocycles. The van der Waals surface area contributed by atoms with E-state index in [-0.39, 0.29) is 11.0 Å². The maximum absolute atomic E-state index is 6.45. The van der Waals surface area contributed by atoms with Crippen LogP contribution in [0.15, 0.2) is 36.5 Å². The summed E-state index contributed by atoms with van der Waals surface area (Å²) in [5.74, 6) is 1.49. The molecule has 104 valence electrons. The summed E-state index contributed by atoms with van der Waals surface area (Å²) in [5, 5.41) is 4.58. The van der Waals surface area contributed by atoms with Gasteiger partial charge in [0.05, 0.1) is 11.9 Å². The number of fused-ring (bicyclic) bond motifs is 4. The molecule has 4 rings (SSSR count). The second-order valence-electron chi connectivity index (χ2n) is 6.80. The highest BCUT2D eigenvalue weighted by atomic mass is 16.5. The van der Waals surface area contributed by atoms with E-state index in [1.807, 2.05) is 29.1 Å². The van der Waals surface area contributed by atoms with Crippen molar-refractivity contribution in [3.8, 4) is 11.6 Å². The molecule has 0 unspecified atom stereocenters. The van der Waals surface area contributed by atoms with Crippen LogP contribution in [-0.2, 0) is 0 Å². The van der Waals surface area contributed by atoms with Crippen molar-refractivity contribution >= 4 is 0 Å². The van der Waals surface area contributed by atoms with Crippen molar-refractivity contribution in [2.75, 3.05) is 0 Å². The molecule has 2 bridgehead atoms. The van der Waals surface area contributed by atoms with Crippen LogP contribution in [0.5, 0.6) is 5.88 Å². The van der Waals surface area contributed by atoms with Crippen molar-refractivity contribution in [3.63, 3.8) is 0 Å². The van der Waals surface area contributed by atoms with E-state index in [0.29, 0.717) is 5.92 Å². The first-order valence-electron chi connectivity index (χ1n) is 7.35. The van der Waals surface area contributed by atoms with Gasteiger partial charge in [-0.25, -0.2) is 4.68 Å². The minimum atomic E-state index is -0.0861. The second kappa shape index (κ2) is 3.66. The fourth-order valence-electron chi connectivity index (χ4n) is 3.86. The summed E-state index contributed by atoms with van der Waals surface area (Å²) in [6, 6.07) is 10.2. The van der Waals surface area contributed by atoms with Crippen LogP contribution in [0.1, 0.15) is 45.1 Å². The molecule has 0 N–H and O–H groups in total. The summed E-state index contributed by atoms with van der Waals surface area (Å²) in [6.07, 6.45) is 4.31. The van der Waals surface area contributed by atoms with E-state index in [2.05, 4.69) is 38.0 Å². The highest BCUT2D eigenvalue weighted by Gasteiger charge is 2.58. The molecule has 0 saturated heterocycles. The summed E-state index contributed by atoms with van der Waals surface area (Å²) in [5.41, 5.74) is 2.42. The molecule has 2 atom stereocenters. The normalized spacial score (nSPS) is 29.9. The number of aromatic nitrogens is 2. The zero-order valence-electron chi connectivity index (χ0n) is 12.3. The van der Waals surface area contributed by atoms with Gasteiger partial charge in [0.25, 0.3) is 0 Å². The molecule has 2 aromatic rings. The van der Waals surface area contributed by atoms with Crippen molar-refractivity contribution < 1.29 is 4.74 Å². The van der Waals surface area contributed by atoms with Crippen LogP contribution in [-0.4, -0.2) is 15.4 Å². The Kier molecular flexibility index (Phi) is 2.20. The van der Waals surface area contributed by atoms with Crippen molar-refractivity contribution in [3.05, 3.63) is 42.1 Å². The van der Waals surface area contributed by atoms with E-state index in [0.717, 1.165) is 18.0 Å². The van der Waals surface area contributed by atoms with Crippen molar-refractivity contribution in [2.45, 2.75) is 45.1 Å². The molecular weight excluding hydrogens is 248 g/mol. The molecule has 1 aliphatic carbocycles. The molecule has 20 heavy (non-hydrogen) atoms. The van der Waals surface area contributed by atoms with Crippen LogP contribution in [0.25, 0.3) is 5.69 Å². The molecule has 0 spiro atoms. The highest BCUT2D eigenvalue weighted by molar-refractivity contribution is 5.44. The Morgan fingerprint density at radius 2 is 1.95 bits per heavy atom. The predicted molar refractivity (Wildman–Crippen MR) is 78.4 cm³/mol. The lowest BCUT2D eigenvalue weighted by Gasteiger charge is -2.45. The van der Waals surface area contributed by atoms with E-state index >= 15 is 0 Å². The van der Waals surface area contributed by atoms with E-state index in [4.69, 9.17) is 4.74 Å². The van der Waals surface area contributed by atoms with Crippen molar-refractivity contribution in [2.24, 2.45) is 5.41 Å². The summed E-state index contributed by atoms with van der Waals surface area (Å²) in [6.45, 7) is 6.90. The van der Waals surface area contributed by atoms with Gasteiger partial charge in [-0.3, -0.25) is 0 Å². The first-order valence-corrected chi connectivity index (χ1v) is 7.35. The van der Waals surface area contributed by atoms with Crippen LogP contribution in [0.4, 0.5) is 0 Å². The molecular formula is C17H20N2O. The molecule has 1 aromatic carbocycles. The summed E-state index contributed by atoms with van der Waals surface area (Å²) in [4.78, 5) is 0. The van der Waals surface area contributed by atoms with Gasteiger partial charge in [-0.05, 0) is 37.8 Å². The molecule has 2 aliphatic rings. The molecule has 2 heterocycles. The quantitative estimate of drug-likeness (QED) is 0.783. The molecule has 1 fully saturated rings. The molecule has 1 aromatic heterocycles. The number of hydrogen-bond acceptors (Lipinski definition) is 2. The van der Waals surface area contributed by atoms with Gasteiger partial charge >= 0.3 is 0 Å². The van der Waals surface area contributed by atoms with Crippen molar-refractivity contribution in [1.82, 2.24) is 9.78 Å². The minimum Gasteiger partial charge on any atom is -0.470 e. The Labute approximate surface area is 119 Å².